The minimum atomic E-state index is -4.63. The first-order valence-electron chi connectivity index (χ1n) is 13.7. The highest BCUT2D eigenvalue weighted by atomic mass is 35.5. The van der Waals surface area contributed by atoms with Crippen molar-refractivity contribution in [3.8, 4) is 11.3 Å². The summed E-state index contributed by atoms with van der Waals surface area (Å²) < 4.78 is 46.9. The maximum absolute atomic E-state index is 13.4. The minimum absolute atomic E-state index is 0.161. The third-order valence-electron chi connectivity index (χ3n) is 6.79. The number of aromatic amines is 1. The quantitative estimate of drug-likeness (QED) is 0.280. The molecule has 1 aliphatic rings. The number of H-pyrrole nitrogens is 1. The van der Waals surface area contributed by atoms with Crippen molar-refractivity contribution in [2.24, 2.45) is 0 Å². The number of piperazine rings is 1. The fourth-order valence-corrected chi connectivity index (χ4v) is 4.97. The SMILES string of the molecule is CC(C)(C)OC(=O)NCC(=O)N1CCN(C(=O)c2ccc(Nc3nccn4c(-c5cn[nH]c5C(F)(F)F)cnc34)cc2Cl)CC1. The van der Waals surface area contributed by atoms with Gasteiger partial charge in [-0.1, -0.05) is 11.6 Å². The van der Waals surface area contributed by atoms with Crippen LogP contribution in [0.2, 0.25) is 5.02 Å². The number of halogens is 4. The van der Waals surface area contributed by atoms with Crippen LogP contribution in [0.15, 0.2) is 43.0 Å². The molecule has 0 bridgehead atoms. The number of ether oxygens (including phenoxy) is 1. The van der Waals surface area contributed by atoms with E-state index in [-0.39, 0.29) is 77.8 Å². The summed E-state index contributed by atoms with van der Waals surface area (Å²) in [5.41, 5.74) is -0.705. The van der Waals surface area contributed by atoms with E-state index in [1.807, 2.05) is 5.10 Å². The van der Waals surface area contributed by atoms with Gasteiger partial charge in [-0.15, -0.1) is 0 Å². The van der Waals surface area contributed by atoms with Crippen molar-refractivity contribution in [2.75, 3.05) is 38.0 Å². The van der Waals surface area contributed by atoms with E-state index >= 15 is 0 Å². The van der Waals surface area contributed by atoms with E-state index in [4.69, 9.17) is 16.3 Å². The van der Waals surface area contributed by atoms with E-state index in [1.54, 1.807) is 42.7 Å². The van der Waals surface area contributed by atoms with Crippen LogP contribution < -0.4 is 10.6 Å². The zero-order valence-electron chi connectivity index (χ0n) is 24.4. The van der Waals surface area contributed by atoms with E-state index in [2.05, 4.69) is 25.7 Å². The van der Waals surface area contributed by atoms with Crippen LogP contribution in [0.3, 0.4) is 0 Å². The number of nitrogens with zero attached hydrogens (tertiary/aromatic N) is 6. The minimum Gasteiger partial charge on any atom is -0.444 e. The fourth-order valence-electron chi connectivity index (χ4n) is 4.71. The Morgan fingerprint density at radius 3 is 2.42 bits per heavy atom. The Kier molecular flexibility index (Phi) is 8.60. The molecule has 3 aromatic heterocycles. The molecule has 0 aliphatic carbocycles. The largest absolute Gasteiger partial charge is 0.444 e. The van der Waals surface area contributed by atoms with E-state index in [0.717, 1.165) is 6.20 Å². The van der Waals surface area contributed by atoms with E-state index < -0.39 is 23.6 Å². The molecule has 4 heterocycles. The van der Waals surface area contributed by atoms with Gasteiger partial charge in [0.05, 0.1) is 34.2 Å². The van der Waals surface area contributed by atoms with Crippen LogP contribution in [0.4, 0.5) is 29.5 Å². The van der Waals surface area contributed by atoms with Gasteiger partial charge in [-0.25, -0.2) is 14.8 Å². The number of hydrogen-bond donors (Lipinski definition) is 3. The number of aromatic nitrogens is 5. The maximum Gasteiger partial charge on any atom is 0.433 e. The van der Waals surface area contributed by atoms with Crippen LogP contribution in [0.1, 0.15) is 36.8 Å². The molecular formula is C28H29ClF3N9O4. The summed E-state index contributed by atoms with van der Waals surface area (Å²) in [6.45, 7) is 6.05. The van der Waals surface area contributed by atoms with Crippen molar-refractivity contribution >= 4 is 46.7 Å². The van der Waals surface area contributed by atoms with Gasteiger partial charge in [0.25, 0.3) is 5.91 Å². The van der Waals surface area contributed by atoms with Crippen molar-refractivity contribution in [2.45, 2.75) is 32.5 Å². The van der Waals surface area contributed by atoms with Crippen LogP contribution in [-0.2, 0) is 15.7 Å². The lowest BCUT2D eigenvalue weighted by atomic mass is 10.1. The smallest absolute Gasteiger partial charge is 0.433 e. The molecule has 0 unspecified atom stereocenters. The normalized spacial score (nSPS) is 14.0. The van der Waals surface area contributed by atoms with Gasteiger partial charge < -0.3 is 25.2 Å². The van der Waals surface area contributed by atoms with Crippen molar-refractivity contribution in [3.63, 3.8) is 0 Å². The van der Waals surface area contributed by atoms with Gasteiger partial charge in [-0.3, -0.25) is 19.1 Å². The molecule has 1 fully saturated rings. The van der Waals surface area contributed by atoms with Crippen LogP contribution in [-0.4, -0.2) is 90.6 Å². The molecule has 0 spiro atoms. The summed E-state index contributed by atoms with van der Waals surface area (Å²) in [4.78, 5) is 49.2. The number of amides is 3. The summed E-state index contributed by atoms with van der Waals surface area (Å²) >= 11 is 6.49. The summed E-state index contributed by atoms with van der Waals surface area (Å²) in [6.07, 6.45) is -0.0565. The number of carbonyl (C=O) groups is 3. The second-order valence-electron chi connectivity index (χ2n) is 11.1. The first-order valence-corrected chi connectivity index (χ1v) is 14.1. The Morgan fingerprint density at radius 2 is 1.76 bits per heavy atom. The average molecular weight is 648 g/mol. The van der Waals surface area contributed by atoms with Crippen LogP contribution >= 0.6 is 11.6 Å². The molecule has 3 amide bonds. The van der Waals surface area contributed by atoms with Gasteiger partial charge in [-0.2, -0.15) is 18.3 Å². The lowest BCUT2D eigenvalue weighted by Crippen LogP contribution is -2.52. The molecule has 5 rings (SSSR count). The first kappa shape index (κ1) is 31.6. The van der Waals surface area contributed by atoms with Gasteiger partial charge >= 0.3 is 12.3 Å². The van der Waals surface area contributed by atoms with Gasteiger partial charge in [-0.05, 0) is 39.0 Å². The molecule has 238 valence electrons. The lowest BCUT2D eigenvalue weighted by molar-refractivity contribution is -0.140. The fraction of sp³-hybridized carbons (Fsp3) is 0.357. The van der Waals surface area contributed by atoms with E-state index in [9.17, 15) is 27.6 Å². The van der Waals surface area contributed by atoms with Crippen LogP contribution in [0.25, 0.3) is 16.9 Å². The van der Waals surface area contributed by atoms with Crippen molar-refractivity contribution in [3.05, 3.63) is 59.3 Å². The highest BCUT2D eigenvalue weighted by Gasteiger charge is 2.36. The van der Waals surface area contributed by atoms with Gasteiger partial charge in [0, 0.05) is 44.3 Å². The number of alkyl halides is 3. The number of nitrogens with one attached hydrogen (secondary N) is 3. The molecular weight excluding hydrogens is 619 g/mol. The molecule has 1 aliphatic heterocycles. The Hall–Kier alpha value is -4.86. The molecule has 45 heavy (non-hydrogen) atoms. The predicted octanol–water partition coefficient (Wildman–Crippen LogP) is 4.34. The standard InChI is InChI=1S/C28H29ClF3N9O4/c1-27(2,3)45-26(44)35-15-21(42)39-8-10-40(11-9-39)25(43)17-5-4-16(12-19(17)29)37-23-24-34-14-20(41(24)7-6-33-23)18-13-36-38-22(18)28(30,31)32/h4-7,12-14H,8-11,15H2,1-3H3,(H,33,37)(H,35,44)(H,36,38). The third kappa shape index (κ3) is 7.11. The van der Waals surface area contributed by atoms with E-state index in [0.29, 0.717) is 5.69 Å². The number of benzene rings is 1. The first-order chi connectivity index (χ1) is 21.2. The number of imidazole rings is 1. The topological polar surface area (TPSA) is 150 Å². The number of hydrogen-bond acceptors (Lipinski definition) is 8. The number of alkyl carbamates (subject to hydrolysis) is 1. The molecule has 4 aromatic rings. The lowest BCUT2D eigenvalue weighted by Gasteiger charge is -2.35. The summed E-state index contributed by atoms with van der Waals surface area (Å²) in [6, 6.07) is 4.70. The Morgan fingerprint density at radius 1 is 1.04 bits per heavy atom. The average Bonchev–Trinajstić information content (AvgIpc) is 3.63. The number of anilines is 2. The van der Waals surface area contributed by atoms with Crippen molar-refractivity contribution in [1.82, 2.24) is 39.7 Å². The Labute approximate surface area is 259 Å². The molecule has 1 aromatic carbocycles. The highest BCUT2D eigenvalue weighted by molar-refractivity contribution is 6.34. The Bertz CT molecular complexity index is 1740. The number of fused-ring (bicyclic) bond motifs is 1. The third-order valence-corrected chi connectivity index (χ3v) is 7.10. The Balaban J connectivity index is 1.22. The van der Waals surface area contributed by atoms with Gasteiger partial charge in [0.2, 0.25) is 5.91 Å². The van der Waals surface area contributed by atoms with Crippen molar-refractivity contribution in [1.29, 1.82) is 0 Å². The second-order valence-corrected chi connectivity index (χ2v) is 11.5. The van der Waals surface area contributed by atoms with Crippen molar-refractivity contribution < 1.29 is 32.3 Å². The number of carbonyl (C=O) groups excluding carboxylic acids is 3. The molecule has 0 atom stereocenters. The summed E-state index contributed by atoms with van der Waals surface area (Å²) in [7, 11) is 0. The summed E-state index contributed by atoms with van der Waals surface area (Å²) in [5, 5.41) is 11.2. The van der Waals surface area contributed by atoms with Gasteiger partial charge in [0.15, 0.2) is 11.5 Å². The molecule has 3 N–H and O–H groups in total. The molecule has 13 nitrogen and oxygen atoms in total. The molecule has 0 radical (unpaired) electrons. The van der Waals surface area contributed by atoms with Crippen LogP contribution in [0, 0.1) is 0 Å². The summed E-state index contributed by atoms with van der Waals surface area (Å²) in [5.74, 6) is -0.359. The van der Waals surface area contributed by atoms with Gasteiger partial charge in [0.1, 0.15) is 17.8 Å². The zero-order valence-corrected chi connectivity index (χ0v) is 25.2. The highest BCUT2D eigenvalue weighted by Crippen LogP contribution is 2.36. The monoisotopic (exact) mass is 647 g/mol. The van der Waals surface area contributed by atoms with E-state index in [1.165, 1.54) is 29.1 Å². The molecule has 17 heteroatoms. The predicted molar refractivity (Wildman–Crippen MR) is 157 cm³/mol. The second kappa shape index (κ2) is 12.3. The number of rotatable bonds is 6. The molecule has 0 saturated carbocycles. The zero-order chi connectivity index (χ0) is 32.5. The maximum atomic E-state index is 13.4. The van der Waals surface area contributed by atoms with Crippen LogP contribution in [0.5, 0.6) is 0 Å². The molecule has 1 saturated heterocycles.